The Morgan fingerprint density at radius 1 is 1.12 bits per heavy atom. The summed E-state index contributed by atoms with van der Waals surface area (Å²) in [6, 6.07) is 13.0. The van der Waals surface area contributed by atoms with E-state index in [1.54, 1.807) is 18.2 Å². The maximum absolute atomic E-state index is 12.8. The first-order valence-electron chi connectivity index (χ1n) is 11.6. The lowest BCUT2D eigenvalue weighted by Crippen LogP contribution is -2.44. The summed E-state index contributed by atoms with van der Waals surface area (Å²) in [5.74, 6) is 0.791. The van der Waals surface area contributed by atoms with Gasteiger partial charge in [0.2, 0.25) is 5.91 Å². The number of anilines is 1. The lowest BCUT2D eigenvalue weighted by molar-refractivity contribution is -0.128. The number of urea groups is 1. The van der Waals surface area contributed by atoms with Gasteiger partial charge in [-0.1, -0.05) is 45.7 Å². The second-order valence-corrected chi connectivity index (χ2v) is 10.2. The monoisotopic (exact) mass is 545 g/mol. The smallest absolute Gasteiger partial charge is 0.321 e. The summed E-state index contributed by atoms with van der Waals surface area (Å²) >= 11 is 9.62. The van der Waals surface area contributed by atoms with Crippen molar-refractivity contribution in [2.24, 2.45) is 5.41 Å². The molecule has 2 saturated heterocycles. The summed E-state index contributed by atoms with van der Waals surface area (Å²) in [7, 11) is 0. The minimum atomic E-state index is -0.129. The van der Waals surface area contributed by atoms with Gasteiger partial charge in [0.25, 0.3) is 0 Å². The van der Waals surface area contributed by atoms with Gasteiger partial charge < -0.3 is 19.9 Å². The summed E-state index contributed by atoms with van der Waals surface area (Å²) in [5.41, 5.74) is 1.58. The van der Waals surface area contributed by atoms with Crippen LogP contribution in [0.2, 0.25) is 5.02 Å². The Balaban J connectivity index is 1.30. The quantitative estimate of drug-likeness (QED) is 0.464. The van der Waals surface area contributed by atoms with Crippen molar-refractivity contribution in [3.05, 3.63) is 63.6 Å². The van der Waals surface area contributed by atoms with Gasteiger partial charge in [0.1, 0.15) is 5.75 Å². The number of para-hydroxylation sites is 1. The van der Waals surface area contributed by atoms with Gasteiger partial charge in [-0.15, -0.1) is 0 Å². The highest BCUT2D eigenvalue weighted by Crippen LogP contribution is 2.40. The summed E-state index contributed by atoms with van der Waals surface area (Å²) in [6.45, 7) is 5.33. The Kier molecular flexibility index (Phi) is 7.84. The number of ether oxygens (including phenoxy) is 1. The zero-order valence-corrected chi connectivity index (χ0v) is 21.6. The number of hydrogen-bond acceptors (Lipinski definition) is 3. The average Bonchev–Trinajstić information content (AvgIpc) is 3.24. The van der Waals surface area contributed by atoms with Crippen LogP contribution in [0.1, 0.15) is 31.7 Å². The Hall–Kier alpha value is -2.51. The minimum Gasteiger partial charge on any atom is -0.493 e. The summed E-state index contributed by atoms with van der Waals surface area (Å²) in [5, 5.41) is 3.42. The Labute approximate surface area is 214 Å². The predicted octanol–water partition coefficient (Wildman–Crippen LogP) is 6.06. The number of benzene rings is 2. The van der Waals surface area contributed by atoms with Crippen LogP contribution in [0.3, 0.4) is 0 Å². The van der Waals surface area contributed by atoms with Gasteiger partial charge in [0.15, 0.2) is 0 Å². The molecule has 0 atom stereocenters. The molecule has 4 rings (SSSR count). The van der Waals surface area contributed by atoms with Crippen molar-refractivity contribution >= 4 is 51.2 Å². The Morgan fingerprint density at radius 2 is 1.82 bits per heavy atom. The lowest BCUT2D eigenvalue weighted by Gasteiger charge is -2.38. The zero-order valence-electron chi connectivity index (χ0n) is 19.2. The molecule has 1 N–H and O–H groups in total. The molecular weight excluding hydrogens is 518 g/mol. The highest BCUT2D eigenvalue weighted by molar-refractivity contribution is 9.10. The van der Waals surface area contributed by atoms with E-state index < -0.39 is 0 Å². The fourth-order valence-electron chi connectivity index (χ4n) is 4.67. The van der Waals surface area contributed by atoms with Crippen LogP contribution in [0.5, 0.6) is 5.75 Å². The van der Waals surface area contributed by atoms with Crippen LogP contribution in [-0.2, 0) is 4.79 Å². The topological polar surface area (TPSA) is 61.9 Å². The van der Waals surface area contributed by atoms with E-state index in [2.05, 4.69) is 21.2 Å². The molecule has 1 spiro atoms. The molecule has 3 amide bonds. The number of nitrogens with zero attached hydrogens (tertiary/aromatic N) is 2. The van der Waals surface area contributed by atoms with Gasteiger partial charge in [-0.3, -0.25) is 4.79 Å². The highest BCUT2D eigenvalue weighted by Gasteiger charge is 2.42. The van der Waals surface area contributed by atoms with E-state index in [4.69, 9.17) is 16.3 Å². The first-order chi connectivity index (χ1) is 16.4. The number of carbonyl (C=O) groups is 2. The molecule has 2 aromatic carbocycles. The number of amides is 3. The maximum Gasteiger partial charge on any atom is 0.321 e. The first kappa shape index (κ1) is 24.6. The number of likely N-dealkylation sites (tertiary alicyclic amines) is 2. The van der Waals surface area contributed by atoms with Crippen molar-refractivity contribution in [2.75, 3.05) is 38.1 Å². The number of piperidine rings is 1. The van der Waals surface area contributed by atoms with Gasteiger partial charge in [-0.2, -0.15) is 0 Å². The molecule has 0 unspecified atom stereocenters. The van der Waals surface area contributed by atoms with E-state index in [0.717, 1.165) is 35.0 Å². The molecule has 0 aromatic heterocycles. The molecule has 34 heavy (non-hydrogen) atoms. The van der Waals surface area contributed by atoms with Crippen LogP contribution in [0, 0.1) is 5.41 Å². The predicted molar refractivity (Wildman–Crippen MR) is 139 cm³/mol. The third-order valence-corrected chi connectivity index (χ3v) is 7.46. The van der Waals surface area contributed by atoms with Gasteiger partial charge in [0.05, 0.1) is 17.3 Å². The zero-order chi connectivity index (χ0) is 24.1. The molecule has 2 aromatic rings. The van der Waals surface area contributed by atoms with Crippen LogP contribution in [0.25, 0.3) is 6.08 Å². The van der Waals surface area contributed by atoms with Crippen LogP contribution < -0.4 is 10.1 Å². The van der Waals surface area contributed by atoms with Gasteiger partial charge >= 0.3 is 6.03 Å². The van der Waals surface area contributed by atoms with Crippen LogP contribution in [-0.4, -0.2) is 54.5 Å². The minimum absolute atomic E-state index is 0.0126. The molecular formula is C26H29BrClN3O3. The third-order valence-electron chi connectivity index (χ3n) is 6.66. The van der Waals surface area contributed by atoms with Gasteiger partial charge in [-0.25, -0.2) is 4.79 Å². The second kappa shape index (κ2) is 10.8. The SMILES string of the molecule is CCOc1ccccc1/C=C/C(=O)N1CCC2(CC1)CCN(C(=O)Nc1ccc(Br)cc1Cl)C2. The molecule has 2 heterocycles. The van der Waals surface area contributed by atoms with Gasteiger partial charge in [0, 0.05) is 42.3 Å². The number of halogens is 2. The van der Waals surface area contributed by atoms with E-state index >= 15 is 0 Å². The summed E-state index contributed by atoms with van der Waals surface area (Å²) in [4.78, 5) is 29.3. The van der Waals surface area contributed by atoms with E-state index in [-0.39, 0.29) is 17.4 Å². The number of carbonyl (C=O) groups excluding carboxylic acids is 2. The molecule has 2 fully saturated rings. The van der Waals surface area contributed by atoms with Crippen molar-refractivity contribution in [1.29, 1.82) is 0 Å². The first-order valence-corrected chi connectivity index (χ1v) is 12.8. The van der Waals surface area contributed by atoms with Gasteiger partial charge in [-0.05, 0) is 61.9 Å². The third kappa shape index (κ3) is 5.76. The highest BCUT2D eigenvalue weighted by atomic mass is 79.9. The van der Waals surface area contributed by atoms with Crippen LogP contribution >= 0.6 is 27.5 Å². The fraction of sp³-hybridized carbons (Fsp3) is 0.385. The van der Waals surface area contributed by atoms with E-state index in [1.165, 1.54) is 0 Å². The summed E-state index contributed by atoms with van der Waals surface area (Å²) in [6.07, 6.45) is 6.20. The van der Waals surface area contributed by atoms with Crippen LogP contribution in [0.4, 0.5) is 10.5 Å². The van der Waals surface area contributed by atoms with Crippen molar-refractivity contribution < 1.29 is 14.3 Å². The van der Waals surface area contributed by atoms with E-state index in [9.17, 15) is 9.59 Å². The molecule has 0 radical (unpaired) electrons. The van der Waals surface area contributed by atoms with Crippen LogP contribution in [0.15, 0.2) is 53.0 Å². The largest absolute Gasteiger partial charge is 0.493 e. The van der Waals surface area contributed by atoms with Crippen molar-refractivity contribution in [3.8, 4) is 5.75 Å². The Morgan fingerprint density at radius 3 is 2.53 bits per heavy atom. The standard InChI is InChI=1S/C26H29BrClN3O3/c1-2-34-23-6-4-3-5-19(23)7-10-24(32)30-14-11-26(12-15-30)13-16-31(18-26)25(33)29-22-9-8-20(27)17-21(22)28/h3-10,17H,2,11-16,18H2,1H3,(H,29,33)/b10-7+. The summed E-state index contributed by atoms with van der Waals surface area (Å²) < 4.78 is 6.50. The molecule has 2 aliphatic rings. The number of rotatable bonds is 5. The second-order valence-electron chi connectivity index (χ2n) is 8.86. The molecule has 0 aliphatic carbocycles. The molecule has 8 heteroatoms. The molecule has 0 bridgehead atoms. The molecule has 6 nitrogen and oxygen atoms in total. The van der Waals surface area contributed by atoms with Crippen molar-refractivity contribution in [1.82, 2.24) is 9.80 Å². The number of hydrogen-bond donors (Lipinski definition) is 1. The van der Waals surface area contributed by atoms with Crippen molar-refractivity contribution in [2.45, 2.75) is 26.2 Å². The molecule has 0 saturated carbocycles. The molecule has 2 aliphatic heterocycles. The Bertz CT molecular complexity index is 1080. The average molecular weight is 547 g/mol. The normalized spacial score (nSPS) is 17.4. The van der Waals surface area contributed by atoms with Crippen molar-refractivity contribution in [3.63, 3.8) is 0 Å². The van der Waals surface area contributed by atoms with E-state index in [1.807, 2.05) is 53.1 Å². The lowest BCUT2D eigenvalue weighted by atomic mass is 9.78. The van der Waals surface area contributed by atoms with E-state index in [0.29, 0.717) is 43.5 Å². The molecule has 180 valence electrons. The number of nitrogens with one attached hydrogen (secondary N) is 1. The fourth-order valence-corrected chi connectivity index (χ4v) is 5.40. The maximum atomic E-state index is 12.8.